The second kappa shape index (κ2) is 149. The van der Waals surface area contributed by atoms with E-state index in [-0.39, 0.29) is 124 Å². The molecule has 5 N–H and O–H groups in total. The Morgan fingerprint density at radius 2 is 0.816 bits per heavy atom. The molecule has 0 amide bonds. The van der Waals surface area contributed by atoms with E-state index < -0.39 is 6.23 Å². The second-order valence-electron chi connectivity index (χ2n) is 4.53. The Hall–Kier alpha value is -0.280. The molecule has 7 heteroatoms. The molecule has 0 aliphatic heterocycles. The molecule has 38 heavy (non-hydrogen) atoms. The molecule has 0 saturated carbocycles. The van der Waals surface area contributed by atoms with Gasteiger partial charge in [0.2, 0.25) is 0 Å². The predicted octanol–water partition coefficient (Wildman–Crippen LogP) is 9.73. The van der Waals surface area contributed by atoms with E-state index >= 15 is 0 Å². The quantitative estimate of drug-likeness (QED) is 0.122. The lowest BCUT2D eigenvalue weighted by Gasteiger charge is -2.22. The first-order chi connectivity index (χ1) is 11.5. The van der Waals surface area contributed by atoms with Crippen LogP contribution in [-0.4, -0.2) is 89.4 Å². The number of aliphatic hydroxyl groups excluding tert-OH is 5. The lowest BCUT2D eigenvalue weighted by atomic mass is 10.4. The standard InChI is InChI=1S/C6H15NO3.C6H14O2.C3H8O.C2H6.14CH4/c1-6(10)7(2-4-8)3-5-9;1-2-5-8-6-3-4-7;1-2-3-4;1-2;;;;;;;;;;;;;;/h6,8-10H,2-5H2,1H3;7H,2-6H2,1H3;4H,2-3H2,1H3;1-2H3;14*1H4. The molecule has 0 rings (SSSR count). The minimum absolute atomic E-state index is 0. The summed E-state index contributed by atoms with van der Waals surface area (Å²) in [6.45, 7) is 12.5. The molecule has 0 aliphatic carbocycles. The normalized spacial score (nSPS) is 6.71. The third-order valence-electron chi connectivity index (χ3n) is 2.32. The number of nitrogens with zero attached hydrogens (tertiary/aromatic N) is 1. The van der Waals surface area contributed by atoms with Crippen molar-refractivity contribution in [3.63, 3.8) is 0 Å². The lowest BCUT2D eigenvalue weighted by Crippen LogP contribution is -2.37. The zero-order chi connectivity index (χ0) is 19.6. The summed E-state index contributed by atoms with van der Waals surface area (Å²) in [4.78, 5) is 1.58. The van der Waals surface area contributed by atoms with Gasteiger partial charge >= 0.3 is 0 Å². The van der Waals surface area contributed by atoms with Crippen LogP contribution in [0.25, 0.3) is 0 Å². The zero-order valence-corrected chi connectivity index (χ0v) is 16.4. The summed E-state index contributed by atoms with van der Waals surface area (Å²) in [5.41, 5.74) is 0. The van der Waals surface area contributed by atoms with Crippen LogP contribution in [0.2, 0.25) is 0 Å². The van der Waals surface area contributed by atoms with Gasteiger partial charge in [-0.05, 0) is 26.2 Å². The van der Waals surface area contributed by atoms with Crippen LogP contribution in [0.5, 0.6) is 0 Å². The number of rotatable bonds is 11. The van der Waals surface area contributed by atoms with Crippen molar-refractivity contribution in [2.24, 2.45) is 0 Å². The van der Waals surface area contributed by atoms with Gasteiger partial charge in [0.1, 0.15) is 6.23 Å². The van der Waals surface area contributed by atoms with E-state index in [1.165, 1.54) is 0 Å². The van der Waals surface area contributed by atoms with Crippen molar-refractivity contribution in [1.29, 1.82) is 0 Å². The largest absolute Gasteiger partial charge is 0.396 e. The van der Waals surface area contributed by atoms with Gasteiger partial charge < -0.3 is 30.3 Å². The maximum Gasteiger partial charge on any atom is 0.104 e. The van der Waals surface area contributed by atoms with Gasteiger partial charge in [-0.25, -0.2) is 0 Å². The molecule has 0 aromatic carbocycles. The van der Waals surface area contributed by atoms with Crippen LogP contribution in [0.15, 0.2) is 0 Å². The monoisotopic (exact) mass is 582 g/mol. The highest BCUT2D eigenvalue weighted by atomic mass is 16.5. The second-order valence-corrected chi connectivity index (χ2v) is 4.53. The lowest BCUT2D eigenvalue weighted by molar-refractivity contribution is -0.000791. The molecule has 7 nitrogen and oxygen atoms in total. The summed E-state index contributed by atoms with van der Waals surface area (Å²) in [7, 11) is 0. The molecule has 0 bridgehead atoms. The van der Waals surface area contributed by atoms with E-state index in [1.807, 2.05) is 20.8 Å². The van der Waals surface area contributed by atoms with Gasteiger partial charge in [-0.1, -0.05) is 132 Å². The van der Waals surface area contributed by atoms with Crippen LogP contribution in [-0.2, 0) is 4.74 Å². The van der Waals surface area contributed by atoms with E-state index in [0.717, 1.165) is 25.9 Å². The van der Waals surface area contributed by atoms with Gasteiger partial charge in [0, 0.05) is 39.5 Å². The number of aliphatic hydroxyl groups is 5. The molecule has 0 aromatic rings. The molecule has 0 saturated heterocycles. The fourth-order valence-corrected chi connectivity index (χ4v) is 1.16. The van der Waals surface area contributed by atoms with Crippen molar-refractivity contribution in [3.05, 3.63) is 0 Å². The van der Waals surface area contributed by atoms with Gasteiger partial charge in [-0.15, -0.1) is 0 Å². The third kappa shape index (κ3) is 174. The summed E-state index contributed by atoms with van der Waals surface area (Å²) >= 11 is 0. The van der Waals surface area contributed by atoms with Crippen LogP contribution in [0.1, 0.15) is 158 Å². The fraction of sp³-hybridized carbons (Fsp3) is 1.00. The molecule has 0 aliphatic rings. The highest BCUT2D eigenvalue weighted by Crippen LogP contribution is 1.92. The third-order valence-corrected chi connectivity index (χ3v) is 2.32. The van der Waals surface area contributed by atoms with Crippen molar-refractivity contribution in [1.82, 2.24) is 4.90 Å². The summed E-state index contributed by atoms with van der Waals surface area (Å²) in [5, 5.41) is 42.1. The van der Waals surface area contributed by atoms with Gasteiger partial charge in [0.15, 0.2) is 0 Å². The topological polar surface area (TPSA) is 114 Å². The van der Waals surface area contributed by atoms with Gasteiger partial charge in [-0.2, -0.15) is 0 Å². The van der Waals surface area contributed by atoms with Crippen LogP contribution in [0.3, 0.4) is 0 Å². The molecule has 0 radical (unpaired) electrons. The van der Waals surface area contributed by atoms with Crippen molar-refractivity contribution < 1.29 is 30.3 Å². The predicted molar refractivity (Wildman–Crippen MR) is 193 cm³/mol. The smallest absolute Gasteiger partial charge is 0.104 e. The van der Waals surface area contributed by atoms with Gasteiger partial charge in [-0.3, -0.25) is 4.90 Å². The highest BCUT2D eigenvalue weighted by molar-refractivity contribution is 4.55. The van der Waals surface area contributed by atoms with Crippen LogP contribution >= 0.6 is 0 Å². The molecule has 0 spiro atoms. The van der Waals surface area contributed by atoms with Crippen molar-refractivity contribution in [3.8, 4) is 0 Å². The van der Waals surface area contributed by atoms with Crippen molar-refractivity contribution in [2.45, 2.75) is 164 Å². The van der Waals surface area contributed by atoms with Gasteiger partial charge in [0.05, 0.1) is 13.2 Å². The zero-order valence-electron chi connectivity index (χ0n) is 16.4. The summed E-state index contributed by atoms with van der Waals surface area (Å²) in [6, 6.07) is 0. The van der Waals surface area contributed by atoms with Crippen LogP contribution in [0.4, 0.5) is 0 Å². The van der Waals surface area contributed by atoms with Crippen molar-refractivity contribution in [2.75, 3.05) is 52.7 Å². The number of hydrogen-bond acceptors (Lipinski definition) is 7. The Kier molecular flexibility index (Phi) is 514. The Morgan fingerprint density at radius 3 is 0.974 bits per heavy atom. The fourth-order valence-electron chi connectivity index (χ4n) is 1.16. The maximum atomic E-state index is 8.98. The number of ether oxygens (including phenoxy) is 1. The first kappa shape index (κ1) is 131. The Bertz CT molecular complexity index is 164. The molecular formula is C31H99NO6. The molecular weight excluding hydrogens is 482 g/mol. The van der Waals surface area contributed by atoms with E-state index in [9.17, 15) is 0 Å². The average Bonchev–Trinajstić information content (AvgIpc) is 2.61. The van der Waals surface area contributed by atoms with Crippen LogP contribution < -0.4 is 0 Å². The molecule has 1 atom stereocenters. The Labute approximate surface area is 252 Å². The minimum Gasteiger partial charge on any atom is -0.396 e. The summed E-state index contributed by atoms with van der Waals surface area (Å²) in [6.07, 6.45) is 2.10. The highest BCUT2D eigenvalue weighted by Gasteiger charge is 2.07. The molecule has 0 fully saturated rings. The summed E-state index contributed by atoms with van der Waals surface area (Å²) < 4.78 is 5.06. The van der Waals surface area contributed by atoms with Crippen LogP contribution in [0, 0.1) is 0 Å². The van der Waals surface area contributed by atoms with Crippen molar-refractivity contribution >= 4 is 0 Å². The van der Waals surface area contributed by atoms with E-state index in [0.29, 0.717) is 26.3 Å². The Balaban J connectivity index is -0.00000000838. The molecule has 1 unspecified atom stereocenters. The molecule has 264 valence electrons. The number of hydrogen-bond donors (Lipinski definition) is 5. The summed E-state index contributed by atoms with van der Waals surface area (Å²) in [5.74, 6) is 0. The maximum absolute atomic E-state index is 8.98. The molecule has 0 heterocycles. The van der Waals surface area contributed by atoms with E-state index in [4.69, 9.17) is 30.3 Å². The minimum atomic E-state index is -0.598. The van der Waals surface area contributed by atoms with E-state index in [1.54, 1.807) is 11.8 Å². The van der Waals surface area contributed by atoms with E-state index in [2.05, 4.69) is 6.92 Å². The SMILES string of the molecule is C.C.C.C.C.C.C.C.C.C.C.C.C.C.CC.CC(O)N(CCO)CCO.CCCO.CCCOCCCO. The average molecular weight is 582 g/mol. The first-order valence-corrected chi connectivity index (χ1v) is 8.98. The Morgan fingerprint density at radius 1 is 0.526 bits per heavy atom. The first-order valence-electron chi connectivity index (χ1n) is 8.98. The molecule has 0 aromatic heterocycles. The van der Waals surface area contributed by atoms with Gasteiger partial charge in [0.25, 0.3) is 0 Å².